The molecule has 1 aromatic rings. The predicted molar refractivity (Wildman–Crippen MR) is 61.0 cm³/mol. The topological polar surface area (TPSA) is 60.2 Å². The maximum Gasteiger partial charge on any atom is 0.283 e. The molecule has 0 aliphatic rings. The monoisotopic (exact) mass is 221 g/mol. The van der Waals surface area contributed by atoms with Gasteiger partial charge in [-0.05, 0) is 0 Å². The third-order valence-corrected chi connectivity index (χ3v) is 3.00. The van der Waals surface area contributed by atoms with Gasteiger partial charge in [-0.15, -0.1) is 0 Å². The lowest BCUT2D eigenvalue weighted by atomic mass is 9.82. The fourth-order valence-corrected chi connectivity index (χ4v) is 1.44. The summed E-state index contributed by atoms with van der Waals surface area (Å²) in [6, 6.07) is 8.39. The Hall–Kier alpha value is -1.71. The first-order valence-electron chi connectivity index (χ1n) is 5.15. The molecule has 1 aromatic carbocycles. The highest BCUT2D eigenvalue weighted by molar-refractivity contribution is 6.02. The molecule has 0 bridgehead atoms. The molecule has 0 saturated carbocycles. The lowest BCUT2D eigenvalue weighted by molar-refractivity contribution is -0.554. The highest BCUT2D eigenvalue weighted by Crippen LogP contribution is 2.25. The van der Waals surface area contributed by atoms with Gasteiger partial charge in [-0.2, -0.15) is 0 Å². The van der Waals surface area contributed by atoms with Gasteiger partial charge in [-0.1, -0.05) is 44.2 Å². The Morgan fingerprint density at radius 1 is 1.31 bits per heavy atom. The molecule has 0 aliphatic carbocycles. The highest BCUT2D eigenvalue weighted by Gasteiger charge is 2.48. The van der Waals surface area contributed by atoms with E-state index in [0.29, 0.717) is 5.56 Å². The van der Waals surface area contributed by atoms with Gasteiger partial charge >= 0.3 is 0 Å². The largest absolute Gasteiger partial charge is 0.286 e. The van der Waals surface area contributed by atoms with Crippen molar-refractivity contribution in [2.45, 2.75) is 26.3 Å². The fourth-order valence-electron chi connectivity index (χ4n) is 1.44. The second-order valence-corrected chi connectivity index (χ2v) is 4.25. The molecule has 0 radical (unpaired) electrons. The maximum atomic E-state index is 12.1. The summed E-state index contributed by atoms with van der Waals surface area (Å²) >= 11 is 0. The van der Waals surface area contributed by atoms with Crippen LogP contribution in [0.3, 0.4) is 0 Å². The quantitative estimate of drug-likeness (QED) is 0.446. The van der Waals surface area contributed by atoms with Crippen molar-refractivity contribution in [1.82, 2.24) is 0 Å². The Bertz CT molecular complexity index is 400. The van der Waals surface area contributed by atoms with Crippen LogP contribution in [0, 0.1) is 16.0 Å². The van der Waals surface area contributed by atoms with E-state index in [2.05, 4.69) is 0 Å². The zero-order valence-corrected chi connectivity index (χ0v) is 9.64. The SMILES string of the molecule is CC(C)C(C)(C(=O)c1ccccc1)[N+](=O)[O-]. The number of Topliss-reactive ketones (excluding diaryl/α,β-unsaturated/α-hetero) is 1. The predicted octanol–water partition coefficient (Wildman–Crippen LogP) is 2.56. The molecule has 1 atom stereocenters. The number of nitrogens with zero attached hydrogens (tertiary/aromatic N) is 1. The summed E-state index contributed by atoms with van der Waals surface area (Å²) in [7, 11) is 0. The van der Waals surface area contributed by atoms with Crippen LogP contribution in [0.25, 0.3) is 0 Å². The molecular weight excluding hydrogens is 206 g/mol. The molecule has 0 fully saturated rings. The van der Waals surface area contributed by atoms with Crippen LogP contribution < -0.4 is 0 Å². The molecule has 1 rings (SSSR count). The van der Waals surface area contributed by atoms with E-state index in [0.717, 1.165) is 0 Å². The van der Waals surface area contributed by atoms with Gasteiger partial charge in [0.1, 0.15) is 0 Å². The van der Waals surface area contributed by atoms with Crippen molar-refractivity contribution in [3.63, 3.8) is 0 Å². The van der Waals surface area contributed by atoms with E-state index in [1.165, 1.54) is 6.92 Å². The van der Waals surface area contributed by atoms with Crippen molar-refractivity contribution in [2.75, 3.05) is 0 Å². The zero-order chi connectivity index (χ0) is 12.3. The fraction of sp³-hybridized carbons (Fsp3) is 0.417. The number of ketones is 1. The van der Waals surface area contributed by atoms with Gasteiger partial charge in [-0.3, -0.25) is 14.9 Å². The van der Waals surface area contributed by atoms with Crippen LogP contribution in [-0.2, 0) is 0 Å². The number of hydrogen-bond donors (Lipinski definition) is 0. The summed E-state index contributed by atoms with van der Waals surface area (Å²) in [5.74, 6) is -0.789. The van der Waals surface area contributed by atoms with Crippen LogP contribution in [0.4, 0.5) is 0 Å². The van der Waals surface area contributed by atoms with Crippen molar-refractivity contribution in [3.05, 3.63) is 46.0 Å². The van der Waals surface area contributed by atoms with Gasteiger partial charge in [0.05, 0.1) is 0 Å². The smallest absolute Gasteiger partial charge is 0.283 e. The van der Waals surface area contributed by atoms with E-state index < -0.39 is 16.2 Å². The van der Waals surface area contributed by atoms with Crippen LogP contribution in [0.2, 0.25) is 0 Å². The Kier molecular flexibility index (Phi) is 3.42. The normalized spacial score (nSPS) is 14.5. The van der Waals surface area contributed by atoms with Gasteiger partial charge in [0.2, 0.25) is 5.78 Å². The zero-order valence-electron chi connectivity index (χ0n) is 9.64. The molecule has 0 N–H and O–H groups in total. The standard InChI is InChI=1S/C12H15NO3/c1-9(2)12(3,13(15)16)11(14)10-7-5-4-6-8-10/h4-9H,1-3H3. The molecule has 0 aromatic heterocycles. The molecule has 0 spiro atoms. The second-order valence-electron chi connectivity index (χ2n) is 4.25. The van der Waals surface area contributed by atoms with Gasteiger partial charge in [0, 0.05) is 23.3 Å². The van der Waals surface area contributed by atoms with Crippen molar-refractivity contribution in [1.29, 1.82) is 0 Å². The summed E-state index contributed by atoms with van der Waals surface area (Å²) in [5.41, 5.74) is -1.17. The molecule has 4 nitrogen and oxygen atoms in total. The van der Waals surface area contributed by atoms with Crippen molar-refractivity contribution < 1.29 is 9.72 Å². The third kappa shape index (κ3) is 1.96. The van der Waals surface area contributed by atoms with E-state index in [1.54, 1.807) is 44.2 Å². The molecule has 0 amide bonds. The molecule has 0 aliphatic heterocycles. The summed E-state index contributed by atoms with van der Waals surface area (Å²) in [4.78, 5) is 22.7. The van der Waals surface area contributed by atoms with Crippen LogP contribution in [0.1, 0.15) is 31.1 Å². The van der Waals surface area contributed by atoms with E-state index in [9.17, 15) is 14.9 Å². The van der Waals surface area contributed by atoms with Crippen LogP contribution >= 0.6 is 0 Å². The number of rotatable bonds is 4. The van der Waals surface area contributed by atoms with Gasteiger partial charge in [0.25, 0.3) is 5.54 Å². The van der Waals surface area contributed by atoms with Gasteiger partial charge in [0.15, 0.2) is 0 Å². The lowest BCUT2D eigenvalue weighted by Crippen LogP contribution is -2.48. The van der Waals surface area contributed by atoms with Crippen molar-refractivity contribution in [3.8, 4) is 0 Å². The number of nitro groups is 1. The Balaban J connectivity index is 3.17. The van der Waals surface area contributed by atoms with Crippen LogP contribution in [0.15, 0.2) is 30.3 Å². The van der Waals surface area contributed by atoms with Gasteiger partial charge < -0.3 is 0 Å². The molecule has 0 heterocycles. The third-order valence-electron chi connectivity index (χ3n) is 3.00. The van der Waals surface area contributed by atoms with E-state index in [1.807, 2.05) is 0 Å². The first kappa shape index (κ1) is 12.4. The minimum atomic E-state index is -1.55. The molecular formula is C12H15NO3. The van der Waals surface area contributed by atoms with Crippen molar-refractivity contribution in [2.24, 2.45) is 5.92 Å². The summed E-state index contributed by atoms with van der Waals surface area (Å²) in [6.07, 6.45) is 0. The van der Waals surface area contributed by atoms with E-state index >= 15 is 0 Å². The molecule has 16 heavy (non-hydrogen) atoms. The van der Waals surface area contributed by atoms with Crippen LogP contribution in [0.5, 0.6) is 0 Å². The highest BCUT2D eigenvalue weighted by atomic mass is 16.6. The summed E-state index contributed by atoms with van der Waals surface area (Å²) in [6.45, 7) is 4.75. The second kappa shape index (κ2) is 4.43. The number of carbonyl (C=O) groups is 1. The molecule has 4 heteroatoms. The first-order chi connectivity index (χ1) is 7.40. The summed E-state index contributed by atoms with van der Waals surface area (Å²) < 4.78 is 0. The summed E-state index contributed by atoms with van der Waals surface area (Å²) in [5, 5.41) is 11.1. The molecule has 0 saturated heterocycles. The minimum absolute atomic E-state index is 0.352. The Morgan fingerprint density at radius 3 is 2.19 bits per heavy atom. The number of carbonyl (C=O) groups excluding carboxylic acids is 1. The van der Waals surface area contributed by atoms with Crippen LogP contribution in [-0.4, -0.2) is 16.2 Å². The average Bonchev–Trinajstić information content (AvgIpc) is 2.27. The first-order valence-corrected chi connectivity index (χ1v) is 5.15. The number of hydrogen-bond acceptors (Lipinski definition) is 3. The van der Waals surface area contributed by atoms with Gasteiger partial charge in [-0.25, -0.2) is 0 Å². The Labute approximate surface area is 94.4 Å². The molecule has 1 unspecified atom stereocenters. The molecule has 86 valence electrons. The van der Waals surface area contributed by atoms with E-state index in [4.69, 9.17) is 0 Å². The van der Waals surface area contributed by atoms with Crippen molar-refractivity contribution >= 4 is 5.78 Å². The Morgan fingerprint density at radius 2 is 1.81 bits per heavy atom. The van der Waals surface area contributed by atoms with E-state index in [-0.39, 0.29) is 5.92 Å². The minimum Gasteiger partial charge on any atom is -0.286 e. The maximum absolute atomic E-state index is 12.1. The lowest BCUT2D eigenvalue weighted by Gasteiger charge is -2.23. The average molecular weight is 221 g/mol. The number of benzene rings is 1.